The number of carbonyl (C=O) groups is 1. The van der Waals surface area contributed by atoms with E-state index in [4.69, 9.17) is 0 Å². The molecule has 0 fully saturated rings. The molecule has 0 saturated carbocycles. The van der Waals surface area contributed by atoms with Crippen LogP contribution in [0, 0.1) is 15.5 Å². The molecule has 0 amide bonds. The second kappa shape index (κ2) is 4.25. The fourth-order valence-electron chi connectivity index (χ4n) is 4.52. The molecule has 1 unspecified atom stereocenters. The first-order valence-corrected chi connectivity index (χ1v) is 7.46. The van der Waals surface area contributed by atoms with Gasteiger partial charge in [0.05, 0.1) is 5.41 Å². The van der Waals surface area contributed by atoms with E-state index < -0.39 is 22.9 Å². The molecule has 0 aromatic heterocycles. The van der Waals surface area contributed by atoms with Gasteiger partial charge in [-0.2, -0.15) is 4.39 Å². The van der Waals surface area contributed by atoms with Crippen molar-refractivity contribution in [2.45, 2.75) is 24.8 Å². The second-order valence-corrected chi connectivity index (χ2v) is 6.59. The Morgan fingerprint density at radius 1 is 1.13 bits per heavy atom. The van der Waals surface area contributed by atoms with Gasteiger partial charge in [-0.05, 0) is 18.1 Å². The van der Waals surface area contributed by atoms with Gasteiger partial charge >= 0.3 is 6.04 Å². The van der Waals surface area contributed by atoms with Crippen LogP contribution in [0.3, 0.4) is 0 Å². The fourth-order valence-corrected chi connectivity index (χ4v) is 4.52. The van der Waals surface area contributed by atoms with E-state index in [0.29, 0.717) is 22.3 Å². The van der Waals surface area contributed by atoms with Crippen molar-refractivity contribution in [3.8, 4) is 0 Å². The number of rotatable bonds is 2. The number of benzene rings is 2. The maximum Gasteiger partial charge on any atom is 0.308 e. The number of fused-ring (bicyclic) bond motifs is 1. The van der Waals surface area contributed by atoms with E-state index in [2.05, 4.69) is 0 Å². The van der Waals surface area contributed by atoms with E-state index in [1.54, 1.807) is 48.5 Å². The Hall–Kier alpha value is -2.56. The first kappa shape index (κ1) is 14.1. The third kappa shape index (κ3) is 1.47. The van der Waals surface area contributed by atoms with Gasteiger partial charge in [0.15, 0.2) is 0 Å². The van der Waals surface area contributed by atoms with E-state index in [-0.39, 0.29) is 11.3 Å². The Kier molecular flexibility index (Phi) is 2.60. The molecule has 5 heteroatoms. The standard InChI is InChI=1S/C18H14FNO3/c1-17(16(19)21)10-18(20(22)23)13-8-4-2-6-11(13)15(17)12-7-3-5-9-14(12)18/h2-9,15H,10H2,1H3. The molecule has 116 valence electrons. The largest absolute Gasteiger partial charge is 0.308 e. The first-order valence-electron chi connectivity index (χ1n) is 7.46. The summed E-state index contributed by atoms with van der Waals surface area (Å²) in [6.45, 7) is 1.50. The monoisotopic (exact) mass is 311 g/mol. The summed E-state index contributed by atoms with van der Waals surface area (Å²) in [5, 5.41) is 12.1. The van der Waals surface area contributed by atoms with Gasteiger partial charge in [0.25, 0.3) is 5.54 Å². The van der Waals surface area contributed by atoms with Gasteiger partial charge in [-0.3, -0.25) is 14.9 Å². The Bertz CT molecular complexity index is 815. The topological polar surface area (TPSA) is 60.2 Å². The van der Waals surface area contributed by atoms with Crippen LogP contribution in [0.4, 0.5) is 4.39 Å². The Morgan fingerprint density at radius 3 is 2.04 bits per heavy atom. The lowest BCUT2D eigenvalue weighted by Gasteiger charge is -2.51. The zero-order chi connectivity index (χ0) is 16.4. The Balaban J connectivity index is 2.18. The molecule has 2 aromatic rings. The molecule has 1 atom stereocenters. The van der Waals surface area contributed by atoms with Gasteiger partial charge in [0.2, 0.25) is 0 Å². The highest BCUT2D eigenvalue weighted by Gasteiger charge is 2.67. The quantitative estimate of drug-likeness (QED) is 0.484. The van der Waals surface area contributed by atoms with E-state index in [1.165, 1.54) is 6.92 Å². The van der Waals surface area contributed by atoms with Crippen molar-refractivity contribution in [3.05, 3.63) is 80.9 Å². The van der Waals surface area contributed by atoms with Gasteiger partial charge in [0.1, 0.15) is 0 Å². The first-order chi connectivity index (χ1) is 10.9. The normalized spacial score (nSPS) is 30.4. The summed E-state index contributed by atoms with van der Waals surface area (Å²) in [5.41, 5.74) is -0.473. The fraction of sp³-hybridized carbons (Fsp3) is 0.278. The molecular weight excluding hydrogens is 297 g/mol. The summed E-state index contributed by atoms with van der Waals surface area (Å²) >= 11 is 0. The highest BCUT2D eigenvalue weighted by Crippen LogP contribution is 2.64. The summed E-state index contributed by atoms with van der Waals surface area (Å²) in [6, 6.07) is 12.6. The van der Waals surface area contributed by atoms with Crippen LogP contribution in [0.1, 0.15) is 41.5 Å². The zero-order valence-electron chi connectivity index (χ0n) is 12.5. The average Bonchev–Trinajstić information content (AvgIpc) is 2.54. The number of hydrogen-bond acceptors (Lipinski definition) is 3. The van der Waals surface area contributed by atoms with Crippen LogP contribution in [0.2, 0.25) is 0 Å². The summed E-state index contributed by atoms with van der Waals surface area (Å²) in [6.07, 6.45) is -0.152. The van der Waals surface area contributed by atoms with Crippen molar-refractivity contribution in [1.29, 1.82) is 0 Å². The molecule has 2 aromatic carbocycles. The summed E-state index contributed by atoms with van der Waals surface area (Å²) in [5.74, 6) is -0.491. The highest BCUT2D eigenvalue weighted by atomic mass is 19.1. The molecule has 5 rings (SSSR count). The van der Waals surface area contributed by atoms with Crippen LogP contribution < -0.4 is 0 Å². The summed E-state index contributed by atoms with van der Waals surface area (Å²) in [7, 11) is 0. The van der Waals surface area contributed by atoms with Gasteiger partial charge < -0.3 is 0 Å². The van der Waals surface area contributed by atoms with Crippen LogP contribution in [0.15, 0.2) is 48.5 Å². The molecular formula is C18H14FNO3. The third-order valence-corrected chi connectivity index (χ3v) is 5.46. The molecule has 23 heavy (non-hydrogen) atoms. The van der Waals surface area contributed by atoms with Crippen molar-refractivity contribution in [2.75, 3.05) is 0 Å². The van der Waals surface area contributed by atoms with Crippen molar-refractivity contribution in [1.82, 2.24) is 0 Å². The molecule has 0 heterocycles. The summed E-state index contributed by atoms with van der Waals surface area (Å²) < 4.78 is 14.0. The highest BCUT2D eigenvalue weighted by molar-refractivity contribution is 5.81. The Morgan fingerprint density at radius 2 is 1.61 bits per heavy atom. The van der Waals surface area contributed by atoms with Crippen LogP contribution in [0.5, 0.6) is 0 Å². The molecule has 0 N–H and O–H groups in total. The average molecular weight is 311 g/mol. The van der Waals surface area contributed by atoms with E-state index in [0.717, 1.165) is 0 Å². The molecule has 2 bridgehead atoms. The predicted molar refractivity (Wildman–Crippen MR) is 81.3 cm³/mol. The van der Waals surface area contributed by atoms with Gasteiger partial charge in [0, 0.05) is 28.4 Å². The van der Waals surface area contributed by atoms with Crippen LogP contribution in [-0.4, -0.2) is 11.0 Å². The third-order valence-electron chi connectivity index (χ3n) is 5.46. The lowest BCUT2D eigenvalue weighted by molar-refractivity contribution is -0.573. The summed E-state index contributed by atoms with van der Waals surface area (Å²) in [4.78, 5) is 23.6. The minimum absolute atomic E-state index is 0.152. The van der Waals surface area contributed by atoms with Gasteiger partial charge in [-0.1, -0.05) is 48.5 Å². The molecule has 0 radical (unpaired) electrons. The number of halogens is 1. The molecule has 4 nitrogen and oxygen atoms in total. The van der Waals surface area contributed by atoms with Crippen molar-refractivity contribution < 1.29 is 14.1 Å². The predicted octanol–water partition coefficient (Wildman–Crippen LogP) is 3.56. The van der Waals surface area contributed by atoms with Crippen molar-refractivity contribution in [2.24, 2.45) is 5.41 Å². The minimum atomic E-state index is -1.57. The Labute approximate surface area is 132 Å². The number of nitrogens with zero attached hydrogens (tertiary/aromatic N) is 1. The molecule has 3 aliphatic rings. The molecule has 0 saturated heterocycles. The lowest BCUT2D eigenvalue weighted by Crippen LogP contribution is -2.55. The number of nitro groups is 1. The number of carbonyl (C=O) groups excluding carboxylic acids is 1. The van der Waals surface area contributed by atoms with E-state index >= 15 is 0 Å². The SMILES string of the molecule is CC1(C(=O)F)CC2([N+](=O)[O-])c3ccccc3C1c1ccccc12. The van der Waals surface area contributed by atoms with Gasteiger partial charge in [-0.15, -0.1) is 0 Å². The van der Waals surface area contributed by atoms with Crippen LogP contribution in [-0.2, 0) is 10.3 Å². The number of hydrogen-bond donors (Lipinski definition) is 0. The molecule has 3 aliphatic carbocycles. The van der Waals surface area contributed by atoms with Crippen LogP contribution >= 0.6 is 0 Å². The van der Waals surface area contributed by atoms with Crippen LogP contribution in [0.25, 0.3) is 0 Å². The van der Waals surface area contributed by atoms with E-state index in [9.17, 15) is 19.3 Å². The smallest absolute Gasteiger partial charge is 0.263 e. The lowest BCUT2D eigenvalue weighted by atomic mass is 9.50. The molecule has 0 spiro atoms. The van der Waals surface area contributed by atoms with Crippen molar-refractivity contribution >= 4 is 6.04 Å². The maximum atomic E-state index is 14.0. The minimum Gasteiger partial charge on any atom is -0.263 e. The van der Waals surface area contributed by atoms with Gasteiger partial charge in [-0.25, -0.2) is 0 Å². The molecule has 0 aliphatic heterocycles. The second-order valence-electron chi connectivity index (χ2n) is 6.59. The van der Waals surface area contributed by atoms with Crippen molar-refractivity contribution in [3.63, 3.8) is 0 Å². The zero-order valence-corrected chi connectivity index (χ0v) is 12.5. The maximum absolute atomic E-state index is 14.0. The van der Waals surface area contributed by atoms with E-state index in [1.807, 2.05) is 0 Å².